The Bertz CT molecular complexity index is 2020. The quantitative estimate of drug-likeness (QED) is 0.248. The Labute approximate surface area is 269 Å². The first-order valence-corrected chi connectivity index (χ1v) is 14.9. The van der Waals surface area contributed by atoms with Crippen molar-refractivity contribution in [2.75, 3.05) is 42.6 Å². The molecule has 2 atom stereocenters. The number of amides is 2. The van der Waals surface area contributed by atoms with Gasteiger partial charge in [-0.2, -0.15) is 0 Å². The third kappa shape index (κ3) is 6.35. The number of aromatic nitrogens is 1. The van der Waals surface area contributed by atoms with E-state index in [1.54, 1.807) is 4.90 Å². The van der Waals surface area contributed by atoms with E-state index < -0.39 is 52.4 Å². The van der Waals surface area contributed by atoms with E-state index in [0.29, 0.717) is 19.0 Å². The van der Waals surface area contributed by atoms with Gasteiger partial charge in [-0.3, -0.25) is 14.5 Å². The summed E-state index contributed by atoms with van der Waals surface area (Å²) in [4.78, 5) is 51.1. The number of nitrogens with zero attached hydrogens (tertiary/aromatic N) is 3. The minimum Gasteiger partial charge on any atom is -0.490 e. The number of carboxylic acids is 1. The maximum Gasteiger partial charge on any atom is 0.414 e. The fourth-order valence-corrected chi connectivity index (χ4v) is 5.87. The predicted molar refractivity (Wildman–Crippen MR) is 165 cm³/mol. The van der Waals surface area contributed by atoms with Crippen LogP contribution in [-0.2, 0) is 9.53 Å². The first-order valence-electron chi connectivity index (χ1n) is 14.9. The van der Waals surface area contributed by atoms with Crippen LogP contribution < -0.4 is 25.3 Å². The summed E-state index contributed by atoms with van der Waals surface area (Å²) < 4.78 is 71.0. The van der Waals surface area contributed by atoms with Gasteiger partial charge in [-0.25, -0.2) is 27.2 Å². The minimum atomic E-state index is -1.60. The molecule has 11 nitrogen and oxygen atoms in total. The molecule has 2 saturated heterocycles. The Morgan fingerprint density at radius 1 is 0.979 bits per heavy atom. The van der Waals surface area contributed by atoms with Gasteiger partial charge in [0, 0.05) is 49.6 Å². The molecule has 3 aromatic carbocycles. The largest absolute Gasteiger partial charge is 0.490 e. The van der Waals surface area contributed by atoms with E-state index in [9.17, 15) is 33.1 Å². The molecule has 2 aliphatic heterocycles. The lowest BCUT2D eigenvalue weighted by atomic mass is 10.1. The third-order valence-electron chi connectivity index (χ3n) is 8.25. The lowest BCUT2D eigenvalue weighted by Crippen LogP contribution is -2.33. The van der Waals surface area contributed by atoms with Crippen LogP contribution in [0.25, 0.3) is 16.6 Å². The highest BCUT2D eigenvalue weighted by Crippen LogP contribution is 2.33. The summed E-state index contributed by atoms with van der Waals surface area (Å²) in [6.45, 7) is 2.29. The van der Waals surface area contributed by atoms with Crippen molar-refractivity contribution in [2.24, 2.45) is 5.92 Å². The molecule has 2 amide bonds. The molecule has 1 aromatic heterocycles. The van der Waals surface area contributed by atoms with Crippen LogP contribution in [0.15, 0.2) is 59.5 Å². The third-order valence-corrected chi connectivity index (χ3v) is 8.25. The van der Waals surface area contributed by atoms with Crippen molar-refractivity contribution >= 4 is 40.2 Å². The van der Waals surface area contributed by atoms with E-state index in [1.165, 1.54) is 30.0 Å². The minimum absolute atomic E-state index is 0.0112. The van der Waals surface area contributed by atoms with Crippen molar-refractivity contribution in [3.05, 3.63) is 93.8 Å². The molecule has 0 radical (unpaired) electrons. The molecule has 2 aliphatic rings. The number of hydrogen-bond acceptors (Lipinski definition) is 7. The number of carbonyl (C=O) groups excluding carboxylic acids is 2. The van der Waals surface area contributed by atoms with Crippen LogP contribution in [0, 0.1) is 29.2 Å². The van der Waals surface area contributed by atoms with Gasteiger partial charge in [0.1, 0.15) is 29.1 Å². The zero-order valence-electron chi connectivity index (χ0n) is 25.3. The van der Waals surface area contributed by atoms with Gasteiger partial charge >= 0.3 is 12.1 Å². The number of carboxylic acid groups (broad SMARTS) is 1. The van der Waals surface area contributed by atoms with Gasteiger partial charge in [0.25, 0.3) is 0 Å². The average Bonchev–Trinajstić information content (AvgIpc) is 3.66. The topological polar surface area (TPSA) is 130 Å². The van der Waals surface area contributed by atoms with Gasteiger partial charge in [-0.1, -0.05) is 0 Å². The fraction of sp³-hybridized carbons (Fsp3) is 0.273. The smallest absolute Gasteiger partial charge is 0.414 e. The van der Waals surface area contributed by atoms with Crippen LogP contribution in [0.1, 0.15) is 23.7 Å². The number of halogens is 4. The van der Waals surface area contributed by atoms with Crippen molar-refractivity contribution in [2.45, 2.75) is 19.4 Å². The number of rotatable bonds is 9. The molecule has 0 bridgehead atoms. The molecule has 0 aliphatic carbocycles. The first kappa shape index (κ1) is 32.3. The number of carbonyl (C=O) groups is 3. The van der Waals surface area contributed by atoms with Gasteiger partial charge in [0.15, 0.2) is 11.6 Å². The summed E-state index contributed by atoms with van der Waals surface area (Å²) in [6.07, 6.45) is 0.191. The molecule has 2 fully saturated rings. The molecule has 1 unspecified atom stereocenters. The van der Waals surface area contributed by atoms with Crippen LogP contribution in [0.3, 0.4) is 0 Å². The maximum absolute atomic E-state index is 15.5. The SMILES string of the molecule is CC(=O)NC[C@H]1CN(c2ccc(OCC3CCN(c4cc5c(cc4F)c(=O)c(C(=O)O)cn5-c4ccc(F)cc4F)C3)c(F)c2)C(=O)O1. The van der Waals surface area contributed by atoms with Crippen molar-refractivity contribution < 1.29 is 46.5 Å². The van der Waals surface area contributed by atoms with Crippen LogP contribution in [0.4, 0.5) is 33.7 Å². The fourth-order valence-electron chi connectivity index (χ4n) is 5.87. The van der Waals surface area contributed by atoms with Gasteiger partial charge in [-0.05, 0) is 42.8 Å². The first-order chi connectivity index (χ1) is 22.9. The van der Waals surface area contributed by atoms with E-state index in [1.807, 2.05) is 0 Å². The average molecular weight is 669 g/mol. The van der Waals surface area contributed by atoms with Crippen molar-refractivity contribution in [1.82, 2.24) is 9.88 Å². The maximum atomic E-state index is 15.5. The number of anilines is 2. The van der Waals surface area contributed by atoms with Gasteiger partial charge in [0.2, 0.25) is 11.3 Å². The van der Waals surface area contributed by atoms with Gasteiger partial charge in [0.05, 0.1) is 42.3 Å². The van der Waals surface area contributed by atoms with Crippen LogP contribution in [0.2, 0.25) is 0 Å². The van der Waals surface area contributed by atoms with Crippen LogP contribution in [0.5, 0.6) is 5.75 Å². The summed E-state index contributed by atoms with van der Waals surface area (Å²) in [5.74, 6) is -5.51. The van der Waals surface area contributed by atoms with Crippen LogP contribution >= 0.6 is 0 Å². The highest BCUT2D eigenvalue weighted by molar-refractivity contribution is 5.94. The highest BCUT2D eigenvalue weighted by atomic mass is 19.1. The van der Waals surface area contributed by atoms with Crippen molar-refractivity contribution in [3.8, 4) is 11.4 Å². The summed E-state index contributed by atoms with van der Waals surface area (Å²) in [6, 6.07) is 8.90. The number of hydrogen-bond donors (Lipinski definition) is 2. The monoisotopic (exact) mass is 668 g/mol. The summed E-state index contributed by atoms with van der Waals surface area (Å²) in [5.41, 5.74) is -1.60. The number of fused-ring (bicyclic) bond motifs is 1. The highest BCUT2D eigenvalue weighted by Gasteiger charge is 2.33. The second kappa shape index (κ2) is 12.9. The van der Waals surface area contributed by atoms with E-state index in [-0.39, 0.29) is 71.8 Å². The molecule has 3 heterocycles. The molecule has 4 aromatic rings. The molecule has 6 rings (SSSR count). The number of nitrogens with one attached hydrogen (secondary N) is 1. The lowest BCUT2D eigenvalue weighted by molar-refractivity contribution is -0.119. The second-order valence-corrected chi connectivity index (χ2v) is 11.5. The summed E-state index contributed by atoms with van der Waals surface area (Å²) in [5, 5.41) is 11.8. The van der Waals surface area contributed by atoms with Gasteiger partial charge < -0.3 is 29.4 Å². The summed E-state index contributed by atoms with van der Waals surface area (Å²) >= 11 is 0. The van der Waals surface area contributed by atoms with E-state index in [2.05, 4.69) is 5.32 Å². The van der Waals surface area contributed by atoms with Crippen molar-refractivity contribution in [3.63, 3.8) is 0 Å². The van der Waals surface area contributed by atoms with E-state index in [0.717, 1.165) is 35.0 Å². The second-order valence-electron chi connectivity index (χ2n) is 11.5. The zero-order valence-corrected chi connectivity index (χ0v) is 25.3. The molecule has 250 valence electrons. The Balaban J connectivity index is 1.18. The molecule has 0 saturated carbocycles. The molecular formula is C33H28F4N4O7. The predicted octanol–water partition coefficient (Wildman–Crippen LogP) is 4.61. The molecule has 48 heavy (non-hydrogen) atoms. The number of pyridine rings is 1. The number of aromatic carboxylic acids is 1. The number of cyclic esters (lactones) is 1. The standard InChI is InChI=1S/C33H28F4N4O7/c1-17(42)38-12-21-14-40(33(46)48-21)20-3-5-30(26(37)9-20)47-16-18-6-7-39(13-18)29-11-28-22(10-25(29)36)31(43)23(32(44)45)15-41(28)27-4-2-19(34)8-24(27)35/h2-5,8-11,15,18,21H,6-7,12-14,16H2,1H3,(H,38,42)(H,44,45)/t18?,21-/m0/s1. The Hall–Kier alpha value is -5.60. The van der Waals surface area contributed by atoms with E-state index in [4.69, 9.17) is 9.47 Å². The molecule has 15 heteroatoms. The number of benzene rings is 3. The summed E-state index contributed by atoms with van der Waals surface area (Å²) in [7, 11) is 0. The van der Waals surface area contributed by atoms with Crippen LogP contribution in [-0.4, -0.2) is 66.5 Å². The molecule has 0 spiro atoms. The van der Waals surface area contributed by atoms with E-state index >= 15 is 8.78 Å². The lowest BCUT2D eigenvalue weighted by Gasteiger charge is -2.22. The Morgan fingerprint density at radius 2 is 1.75 bits per heavy atom. The zero-order chi connectivity index (χ0) is 34.3. The normalized spacial score (nSPS) is 17.6. The molecular weight excluding hydrogens is 640 g/mol. The van der Waals surface area contributed by atoms with Gasteiger partial charge in [-0.15, -0.1) is 0 Å². The number of ether oxygens (including phenoxy) is 2. The Kier molecular flexibility index (Phi) is 8.69. The molecule has 2 N–H and O–H groups in total. The van der Waals surface area contributed by atoms with Crippen molar-refractivity contribution in [1.29, 1.82) is 0 Å². The Morgan fingerprint density at radius 3 is 2.46 bits per heavy atom.